The predicted molar refractivity (Wildman–Crippen MR) is 87.6 cm³/mol. The lowest BCUT2D eigenvalue weighted by Gasteiger charge is -2.24. The number of aromatic nitrogens is 5. The Hall–Kier alpha value is -2.76. The summed E-state index contributed by atoms with van der Waals surface area (Å²) in [4.78, 5) is 13.6. The summed E-state index contributed by atoms with van der Waals surface area (Å²) in [5, 5.41) is 4.47. The van der Waals surface area contributed by atoms with Gasteiger partial charge in [-0.25, -0.2) is 4.98 Å². The van der Waals surface area contributed by atoms with E-state index in [0.29, 0.717) is 11.7 Å². The van der Waals surface area contributed by atoms with Gasteiger partial charge >= 0.3 is 0 Å². The van der Waals surface area contributed by atoms with Crippen LogP contribution in [0.4, 0.5) is 5.82 Å². The van der Waals surface area contributed by atoms with Crippen molar-refractivity contribution < 1.29 is 0 Å². The molecule has 0 bridgehead atoms. The first-order valence-electron chi connectivity index (χ1n) is 7.76. The van der Waals surface area contributed by atoms with Crippen molar-refractivity contribution in [1.82, 2.24) is 24.7 Å². The van der Waals surface area contributed by atoms with Crippen LogP contribution in [0, 0.1) is 0 Å². The molecule has 6 nitrogen and oxygen atoms in total. The SMILES string of the molecule is Cn1ccc(-c2nc(N)cnc2C2CCc3ncccc3C2)n1. The maximum atomic E-state index is 5.86. The minimum absolute atomic E-state index is 0.316. The molecule has 0 amide bonds. The molecule has 1 unspecified atom stereocenters. The standard InChI is InChI=1S/C17H18N6/c1-23-8-6-14(22-23)17-16(20-10-15(18)21-17)12-4-5-13-11(9-12)3-2-7-19-13/h2-3,6-8,10,12H,4-5,9H2,1H3,(H2,18,21). The van der Waals surface area contributed by atoms with Crippen molar-refractivity contribution in [2.75, 3.05) is 5.73 Å². The average molecular weight is 306 g/mol. The van der Waals surface area contributed by atoms with Crippen LogP contribution < -0.4 is 5.73 Å². The number of hydrogen-bond donors (Lipinski definition) is 1. The van der Waals surface area contributed by atoms with Crippen molar-refractivity contribution in [3.8, 4) is 11.4 Å². The van der Waals surface area contributed by atoms with Gasteiger partial charge in [0.05, 0.1) is 11.9 Å². The van der Waals surface area contributed by atoms with E-state index in [1.165, 1.54) is 11.3 Å². The second-order valence-electron chi connectivity index (χ2n) is 5.95. The Balaban J connectivity index is 1.75. The van der Waals surface area contributed by atoms with Crippen LogP contribution in [0.2, 0.25) is 0 Å². The van der Waals surface area contributed by atoms with Crippen molar-refractivity contribution >= 4 is 5.82 Å². The van der Waals surface area contributed by atoms with Gasteiger partial charge in [0.2, 0.25) is 0 Å². The van der Waals surface area contributed by atoms with Crippen molar-refractivity contribution in [3.63, 3.8) is 0 Å². The third-order valence-electron chi connectivity index (χ3n) is 4.34. The zero-order valence-corrected chi connectivity index (χ0v) is 13.0. The zero-order chi connectivity index (χ0) is 15.8. The highest BCUT2D eigenvalue weighted by molar-refractivity contribution is 5.59. The lowest BCUT2D eigenvalue weighted by molar-refractivity contribution is 0.560. The Bertz CT molecular complexity index is 854. The first kappa shape index (κ1) is 13.9. The Kier molecular flexibility index (Phi) is 3.29. The number of rotatable bonds is 2. The average Bonchev–Trinajstić information content (AvgIpc) is 3.01. The van der Waals surface area contributed by atoms with Crippen molar-refractivity contribution in [3.05, 3.63) is 53.7 Å². The zero-order valence-electron chi connectivity index (χ0n) is 13.0. The van der Waals surface area contributed by atoms with Crippen molar-refractivity contribution in [2.45, 2.75) is 25.2 Å². The van der Waals surface area contributed by atoms with E-state index in [0.717, 1.165) is 36.3 Å². The van der Waals surface area contributed by atoms with E-state index in [4.69, 9.17) is 5.73 Å². The minimum Gasteiger partial charge on any atom is -0.382 e. The van der Waals surface area contributed by atoms with Gasteiger partial charge in [-0.15, -0.1) is 0 Å². The predicted octanol–water partition coefficient (Wildman–Crippen LogP) is 2.13. The molecular formula is C17H18N6. The molecule has 2 N–H and O–H groups in total. The van der Waals surface area contributed by atoms with Gasteiger partial charge < -0.3 is 5.73 Å². The highest BCUT2D eigenvalue weighted by atomic mass is 15.3. The largest absolute Gasteiger partial charge is 0.382 e. The van der Waals surface area contributed by atoms with E-state index in [9.17, 15) is 0 Å². The number of anilines is 1. The van der Waals surface area contributed by atoms with E-state index in [2.05, 4.69) is 26.1 Å². The lowest BCUT2D eigenvalue weighted by Crippen LogP contribution is -2.17. The first-order chi connectivity index (χ1) is 11.2. The van der Waals surface area contributed by atoms with E-state index in [1.54, 1.807) is 10.9 Å². The van der Waals surface area contributed by atoms with Gasteiger partial charge in [0.25, 0.3) is 0 Å². The number of nitrogens with zero attached hydrogens (tertiary/aromatic N) is 5. The van der Waals surface area contributed by atoms with Crippen LogP contribution >= 0.6 is 0 Å². The highest BCUT2D eigenvalue weighted by Crippen LogP contribution is 2.34. The maximum absolute atomic E-state index is 5.86. The second kappa shape index (κ2) is 5.46. The van der Waals surface area contributed by atoms with Gasteiger partial charge in [0.1, 0.15) is 17.2 Å². The molecule has 0 saturated heterocycles. The number of aryl methyl sites for hydroxylation is 2. The molecule has 6 heteroatoms. The summed E-state index contributed by atoms with van der Waals surface area (Å²) < 4.78 is 1.77. The van der Waals surface area contributed by atoms with Crippen molar-refractivity contribution in [2.24, 2.45) is 7.05 Å². The number of fused-ring (bicyclic) bond motifs is 1. The van der Waals surface area contributed by atoms with Gasteiger partial charge in [-0.3, -0.25) is 14.6 Å². The Morgan fingerprint density at radius 1 is 1.26 bits per heavy atom. The van der Waals surface area contributed by atoms with E-state index >= 15 is 0 Å². The lowest BCUT2D eigenvalue weighted by atomic mass is 9.83. The van der Waals surface area contributed by atoms with Crippen LogP contribution in [0.25, 0.3) is 11.4 Å². The monoisotopic (exact) mass is 306 g/mol. The molecule has 0 radical (unpaired) electrons. The molecule has 3 heterocycles. The molecule has 1 aliphatic rings. The smallest absolute Gasteiger partial charge is 0.142 e. The molecule has 1 aliphatic carbocycles. The Morgan fingerprint density at radius 3 is 3.00 bits per heavy atom. The fourth-order valence-electron chi connectivity index (χ4n) is 3.23. The fourth-order valence-corrected chi connectivity index (χ4v) is 3.23. The summed E-state index contributed by atoms with van der Waals surface area (Å²) in [6, 6.07) is 6.10. The van der Waals surface area contributed by atoms with E-state index in [1.807, 2.05) is 31.6 Å². The van der Waals surface area contributed by atoms with Crippen LogP contribution in [0.1, 0.15) is 29.3 Å². The highest BCUT2D eigenvalue weighted by Gasteiger charge is 2.26. The molecule has 116 valence electrons. The minimum atomic E-state index is 0.316. The molecule has 0 saturated carbocycles. The molecule has 1 atom stereocenters. The number of pyridine rings is 1. The fraction of sp³-hybridized carbons (Fsp3) is 0.294. The van der Waals surface area contributed by atoms with Gasteiger partial charge in [0, 0.05) is 31.1 Å². The van der Waals surface area contributed by atoms with Gasteiger partial charge in [-0.2, -0.15) is 5.10 Å². The third-order valence-corrected chi connectivity index (χ3v) is 4.34. The van der Waals surface area contributed by atoms with Crippen LogP contribution in [0.5, 0.6) is 0 Å². The number of nitrogen functional groups attached to an aromatic ring is 1. The quantitative estimate of drug-likeness (QED) is 0.784. The molecule has 0 aromatic carbocycles. The molecule has 3 aromatic heterocycles. The van der Waals surface area contributed by atoms with Gasteiger partial charge in [-0.1, -0.05) is 6.07 Å². The van der Waals surface area contributed by atoms with Crippen LogP contribution in [-0.2, 0) is 19.9 Å². The van der Waals surface area contributed by atoms with Crippen LogP contribution in [0.15, 0.2) is 36.8 Å². The summed E-state index contributed by atoms with van der Waals surface area (Å²) >= 11 is 0. The topological polar surface area (TPSA) is 82.5 Å². The molecule has 23 heavy (non-hydrogen) atoms. The normalized spacial score (nSPS) is 17.0. The maximum Gasteiger partial charge on any atom is 0.142 e. The Morgan fingerprint density at radius 2 is 2.17 bits per heavy atom. The number of nitrogens with two attached hydrogens (primary N) is 1. The molecule has 3 aromatic rings. The van der Waals surface area contributed by atoms with Gasteiger partial charge in [0.15, 0.2) is 0 Å². The Labute approximate surface area is 134 Å². The van der Waals surface area contributed by atoms with E-state index in [-0.39, 0.29) is 0 Å². The summed E-state index contributed by atoms with van der Waals surface area (Å²) in [6.07, 6.45) is 8.32. The molecule has 0 aliphatic heterocycles. The number of hydrogen-bond acceptors (Lipinski definition) is 5. The van der Waals surface area contributed by atoms with Gasteiger partial charge in [-0.05, 0) is 37.0 Å². The molecular weight excluding hydrogens is 288 g/mol. The summed E-state index contributed by atoms with van der Waals surface area (Å²) in [5.74, 6) is 0.740. The van der Waals surface area contributed by atoms with E-state index < -0.39 is 0 Å². The van der Waals surface area contributed by atoms with Crippen LogP contribution in [-0.4, -0.2) is 24.7 Å². The second-order valence-corrected chi connectivity index (χ2v) is 5.95. The summed E-state index contributed by atoms with van der Waals surface area (Å²) in [6.45, 7) is 0. The molecule has 0 spiro atoms. The summed E-state index contributed by atoms with van der Waals surface area (Å²) in [5.41, 5.74) is 11.0. The first-order valence-corrected chi connectivity index (χ1v) is 7.76. The molecule has 0 fully saturated rings. The van der Waals surface area contributed by atoms with Crippen molar-refractivity contribution in [1.29, 1.82) is 0 Å². The molecule has 4 rings (SSSR count). The third kappa shape index (κ3) is 2.56. The summed E-state index contributed by atoms with van der Waals surface area (Å²) in [7, 11) is 1.89. The van der Waals surface area contributed by atoms with Crippen LogP contribution in [0.3, 0.4) is 0 Å².